The molecule has 3 rings (SSSR count). The summed E-state index contributed by atoms with van der Waals surface area (Å²) < 4.78 is 0. The van der Waals surface area contributed by atoms with Gasteiger partial charge in [-0.2, -0.15) is 0 Å². The SMILES string of the molecule is [CH2]CC(C)(c1ccccc1)c1ccc2[nH]cc(C)c2c1. The van der Waals surface area contributed by atoms with Crippen LogP contribution in [-0.4, -0.2) is 4.98 Å². The Hall–Kier alpha value is -2.02. The average molecular weight is 262 g/mol. The average Bonchev–Trinajstić information content (AvgIpc) is 2.88. The summed E-state index contributed by atoms with van der Waals surface area (Å²) in [6.07, 6.45) is 2.91. The van der Waals surface area contributed by atoms with E-state index in [2.05, 4.69) is 80.5 Å². The topological polar surface area (TPSA) is 15.8 Å². The number of H-pyrrole nitrogens is 1. The van der Waals surface area contributed by atoms with Crippen molar-refractivity contribution in [2.45, 2.75) is 25.7 Å². The number of hydrogen-bond acceptors (Lipinski definition) is 0. The first kappa shape index (κ1) is 13.0. The normalized spacial score (nSPS) is 14.3. The lowest BCUT2D eigenvalue weighted by Gasteiger charge is -2.30. The Morgan fingerprint density at radius 1 is 1.05 bits per heavy atom. The third kappa shape index (κ3) is 1.94. The van der Waals surface area contributed by atoms with E-state index in [0.717, 1.165) is 6.42 Å². The van der Waals surface area contributed by atoms with Crippen LogP contribution < -0.4 is 0 Å². The summed E-state index contributed by atoms with van der Waals surface area (Å²) in [6.45, 7) is 8.61. The Morgan fingerprint density at radius 2 is 1.80 bits per heavy atom. The second-order valence-corrected chi connectivity index (χ2v) is 5.68. The van der Waals surface area contributed by atoms with Gasteiger partial charge in [0.2, 0.25) is 0 Å². The molecule has 0 aliphatic carbocycles. The van der Waals surface area contributed by atoms with Gasteiger partial charge in [0.05, 0.1) is 0 Å². The third-order valence-electron chi connectivity index (χ3n) is 4.44. The van der Waals surface area contributed by atoms with Gasteiger partial charge in [-0.3, -0.25) is 0 Å². The number of aryl methyl sites for hydroxylation is 1. The van der Waals surface area contributed by atoms with Crippen LogP contribution in [0.2, 0.25) is 0 Å². The van der Waals surface area contributed by atoms with Crippen molar-refractivity contribution < 1.29 is 0 Å². The Balaban J connectivity index is 2.18. The third-order valence-corrected chi connectivity index (χ3v) is 4.44. The number of aromatic amines is 1. The van der Waals surface area contributed by atoms with Gasteiger partial charge in [0.25, 0.3) is 0 Å². The van der Waals surface area contributed by atoms with Crippen LogP contribution in [0.15, 0.2) is 54.7 Å². The number of benzene rings is 2. The minimum atomic E-state index is -0.0425. The molecule has 0 saturated carbocycles. The molecule has 1 nitrogen and oxygen atoms in total. The highest BCUT2D eigenvalue weighted by Crippen LogP contribution is 2.36. The van der Waals surface area contributed by atoms with Gasteiger partial charge in [-0.05, 0) is 42.2 Å². The molecule has 3 aromatic rings. The molecule has 2 aromatic carbocycles. The molecule has 1 heterocycles. The van der Waals surface area contributed by atoms with Gasteiger partial charge in [-0.1, -0.05) is 50.2 Å². The van der Waals surface area contributed by atoms with Crippen LogP contribution in [0.25, 0.3) is 10.9 Å². The van der Waals surface area contributed by atoms with Crippen LogP contribution in [0.5, 0.6) is 0 Å². The fourth-order valence-electron chi connectivity index (χ4n) is 2.86. The van der Waals surface area contributed by atoms with Gasteiger partial charge in [-0.25, -0.2) is 0 Å². The zero-order valence-corrected chi connectivity index (χ0v) is 12.1. The van der Waals surface area contributed by atoms with Crippen molar-refractivity contribution in [2.24, 2.45) is 0 Å². The van der Waals surface area contributed by atoms with Crippen LogP contribution in [0.4, 0.5) is 0 Å². The van der Waals surface area contributed by atoms with Gasteiger partial charge in [0.1, 0.15) is 0 Å². The molecule has 0 aliphatic heterocycles. The van der Waals surface area contributed by atoms with Crippen molar-refractivity contribution in [3.05, 3.63) is 78.3 Å². The first-order valence-electron chi connectivity index (χ1n) is 7.08. The molecule has 1 radical (unpaired) electrons. The molecule has 101 valence electrons. The van der Waals surface area contributed by atoms with E-state index in [0.29, 0.717) is 0 Å². The molecule has 1 N–H and O–H groups in total. The van der Waals surface area contributed by atoms with E-state index in [1.807, 2.05) is 0 Å². The van der Waals surface area contributed by atoms with Gasteiger partial charge >= 0.3 is 0 Å². The van der Waals surface area contributed by atoms with Gasteiger partial charge in [-0.15, -0.1) is 0 Å². The standard InChI is InChI=1S/C19H20N/c1-4-19(3,15-8-6-5-7-9-15)16-10-11-18-17(12-16)14(2)13-20-18/h5-13,20H,1,4H2,2-3H3. The van der Waals surface area contributed by atoms with Crippen LogP contribution in [0, 0.1) is 13.8 Å². The highest BCUT2D eigenvalue weighted by Gasteiger charge is 2.27. The second kappa shape index (κ2) is 4.82. The fourth-order valence-corrected chi connectivity index (χ4v) is 2.86. The van der Waals surface area contributed by atoms with Gasteiger partial charge < -0.3 is 4.98 Å². The summed E-state index contributed by atoms with van der Waals surface area (Å²) in [6, 6.07) is 17.3. The lowest BCUT2D eigenvalue weighted by Crippen LogP contribution is -2.22. The summed E-state index contributed by atoms with van der Waals surface area (Å²) in [4.78, 5) is 3.31. The van der Waals surface area contributed by atoms with Crippen LogP contribution in [0.1, 0.15) is 30.0 Å². The maximum absolute atomic E-state index is 4.19. The molecular weight excluding hydrogens is 242 g/mol. The fraction of sp³-hybridized carbons (Fsp3) is 0.211. The molecular formula is C19H20N. The lowest BCUT2D eigenvalue weighted by atomic mass is 9.74. The highest BCUT2D eigenvalue weighted by atomic mass is 14.7. The van der Waals surface area contributed by atoms with E-state index < -0.39 is 0 Å². The molecule has 0 fully saturated rings. The predicted octanol–water partition coefficient (Wildman–Crippen LogP) is 5.01. The minimum absolute atomic E-state index is 0.0425. The number of fused-ring (bicyclic) bond motifs is 1. The summed E-state index contributed by atoms with van der Waals surface area (Å²) in [7, 11) is 0. The number of aromatic nitrogens is 1. The predicted molar refractivity (Wildman–Crippen MR) is 85.9 cm³/mol. The summed E-state index contributed by atoms with van der Waals surface area (Å²) in [5.41, 5.74) is 5.10. The summed E-state index contributed by atoms with van der Waals surface area (Å²) >= 11 is 0. The van der Waals surface area contributed by atoms with Crippen molar-refractivity contribution in [1.82, 2.24) is 4.98 Å². The number of rotatable bonds is 3. The molecule has 0 bridgehead atoms. The van der Waals surface area contributed by atoms with E-state index in [4.69, 9.17) is 0 Å². The zero-order chi connectivity index (χ0) is 14.2. The quantitative estimate of drug-likeness (QED) is 0.683. The Morgan fingerprint density at radius 3 is 2.50 bits per heavy atom. The molecule has 1 atom stereocenters. The zero-order valence-electron chi connectivity index (χ0n) is 12.1. The Kier molecular flexibility index (Phi) is 3.13. The number of hydrogen-bond donors (Lipinski definition) is 1. The minimum Gasteiger partial charge on any atom is -0.361 e. The van der Waals surface area contributed by atoms with E-state index in [9.17, 15) is 0 Å². The van der Waals surface area contributed by atoms with E-state index in [1.165, 1.54) is 27.6 Å². The molecule has 1 unspecified atom stereocenters. The second-order valence-electron chi connectivity index (χ2n) is 5.68. The maximum atomic E-state index is 4.19. The lowest BCUT2D eigenvalue weighted by molar-refractivity contribution is 0.579. The summed E-state index contributed by atoms with van der Waals surface area (Å²) in [5, 5.41) is 1.30. The van der Waals surface area contributed by atoms with Gasteiger partial charge in [0.15, 0.2) is 0 Å². The Bertz CT molecular complexity index is 724. The van der Waals surface area contributed by atoms with Crippen molar-refractivity contribution in [2.75, 3.05) is 0 Å². The maximum Gasteiger partial charge on any atom is 0.0456 e. The van der Waals surface area contributed by atoms with Crippen LogP contribution in [0.3, 0.4) is 0 Å². The Labute approximate surface area is 120 Å². The van der Waals surface area contributed by atoms with Gasteiger partial charge in [0, 0.05) is 22.5 Å². The molecule has 1 heteroatoms. The molecule has 0 saturated heterocycles. The molecule has 0 spiro atoms. The first-order chi connectivity index (χ1) is 9.65. The van der Waals surface area contributed by atoms with Crippen molar-refractivity contribution in [3.63, 3.8) is 0 Å². The van der Waals surface area contributed by atoms with Crippen molar-refractivity contribution in [3.8, 4) is 0 Å². The van der Waals surface area contributed by atoms with Crippen LogP contribution in [-0.2, 0) is 5.41 Å². The van der Waals surface area contributed by atoms with Crippen molar-refractivity contribution >= 4 is 10.9 Å². The summed E-state index contributed by atoms with van der Waals surface area (Å²) in [5.74, 6) is 0. The monoisotopic (exact) mass is 262 g/mol. The van der Waals surface area contributed by atoms with E-state index in [-0.39, 0.29) is 5.41 Å². The highest BCUT2D eigenvalue weighted by molar-refractivity contribution is 5.84. The molecule has 0 aliphatic rings. The number of nitrogens with one attached hydrogen (secondary N) is 1. The molecule has 20 heavy (non-hydrogen) atoms. The van der Waals surface area contributed by atoms with E-state index >= 15 is 0 Å². The largest absolute Gasteiger partial charge is 0.361 e. The van der Waals surface area contributed by atoms with Crippen LogP contribution >= 0.6 is 0 Å². The molecule has 0 amide bonds. The smallest absolute Gasteiger partial charge is 0.0456 e. The van der Waals surface area contributed by atoms with Crippen molar-refractivity contribution in [1.29, 1.82) is 0 Å². The van der Waals surface area contributed by atoms with E-state index in [1.54, 1.807) is 0 Å². The first-order valence-corrected chi connectivity index (χ1v) is 7.08. The molecule has 1 aromatic heterocycles.